The van der Waals surface area contributed by atoms with Crippen LogP contribution in [0.5, 0.6) is 0 Å². The van der Waals surface area contributed by atoms with E-state index in [0.717, 1.165) is 25.7 Å². The lowest BCUT2D eigenvalue weighted by Crippen LogP contribution is -2.60. The minimum Gasteiger partial charge on any atom is -0.466 e. The topological polar surface area (TPSA) is 105 Å². The van der Waals surface area contributed by atoms with Gasteiger partial charge in [0.05, 0.1) is 37.2 Å². The van der Waals surface area contributed by atoms with Gasteiger partial charge in [0, 0.05) is 6.04 Å². The number of nitrogens with zero attached hydrogens (tertiary/aromatic N) is 1. The van der Waals surface area contributed by atoms with Crippen LogP contribution in [0.3, 0.4) is 0 Å². The molecule has 4 aliphatic rings. The van der Waals surface area contributed by atoms with E-state index in [9.17, 15) is 19.5 Å². The second-order valence-corrected chi connectivity index (χ2v) is 9.89. The van der Waals surface area contributed by atoms with E-state index in [-0.39, 0.29) is 37.0 Å². The van der Waals surface area contributed by atoms with Gasteiger partial charge in [0.15, 0.2) is 0 Å². The first-order chi connectivity index (χ1) is 14.9. The lowest BCUT2D eigenvalue weighted by atomic mass is 9.70. The minimum atomic E-state index is -1.03. The van der Waals surface area contributed by atoms with Gasteiger partial charge in [-0.3, -0.25) is 14.4 Å². The predicted molar refractivity (Wildman–Crippen MR) is 112 cm³/mol. The molecule has 31 heavy (non-hydrogen) atoms. The van der Waals surface area contributed by atoms with Gasteiger partial charge in [0.2, 0.25) is 11.8 Å². The Morgan fingerprint density at radius 1 is 1.26 bits per heavy atom. The van der Waals surface area contributed by atoms with Crippen LogP contribution in [-0.2, 0) is 23.9 Å². The van der Waals surface area contributed by atoms with Gasteiger partial charge in [-0.25, -0.2) is 0 Å². The molecule has 174 valence electrons. The molecule has 0 aromatic heterocycles. The van der Waals surface area contributed by atoms with Crippen molar-refractivity contribution in [2.75, 3.05) is 13.2 Å². The third-order valence-electron chi connectivity index (χ3n) is 7.81. The van der Waals surface area contributed by atoms with E-state index in [1.807, 2.05) is 13.8 Å². The molecule has 4 rings (SSSR count). The van der Waals surface area contributed by atoms with Crippen molar-refractivity contribution >= 4 is 17.8 Å². The van der Waals surface area contributed by atoms with E-state index in [4.69, 9.17) is 9.47 Å². The number of carbonyl (C=O) groups is 3. The van der Waals surface area contributed by atoms with Crippen LogP contribution in [0.2, 0.25) is 0 Å². The normalized spacial score (nSPS) is 36.0. The third-order valence-corrected chi connectivity index (χ3v) is 7.81. The maximum Gasteiger partial charge on any atom is 0.312 e. The Hall–Kier alpha value is -1.67. The van der Waals surface area contributed by atoms with Crippen molar-refractivity contribution in [2.45, 2.75) is 95.5 Å². The second kappa shape index (κ2) is 8.70. The largest absolute Gasteiger partial charge is 0.466 e. The standard InChI is InChI=1S/C23H36N2O6/c1-4-30-22(29)17-16-10-11-23(31-16)18(17)21(28)25(15(12-26)13(2)3)19(23)20(27)24-14-8-6-5-7-9-14/h13-19,26H,4-12H2,1-3H3,(H,24,27)/t15-,16+,17-,18-,19+,23-/m0/s1. The zero-order valence-electron chi connectivity index (χ0n) is 18.8. The molecule has 1 spiro atoms. The fourth-order valence-electron chi connectivity index (χ4n) is 6.40. The van der Waals surface area contributed by atoms with Gasteiger partial charge in [0.1, 0.15) is 11.6 Å². The fourth-order valence-corrected chi connectivity index (χ4v) is 6.40. The zero-order chi connectivity index (χ0) is 22.3. The molecule has 8 heteroatoms. The Labute approximate surface area is 184 Å². The van der Waals surface area contributed by atoms with Gasteiger partial charge in [0.25, 0.3) is 0 Å². The second-order valence-electron chi connectivity index (χ2n) is 9.89. The van der Waals surface area contributed by atoms with Gasteiger partial charge in [-0.1, -0.05) is 33.1 Å². The molecule has 0 aromatic carbocycles. The Kier molecular flexibility index (Phi) is 6.32. The number of aliphatic hydroxyl groups is 1. The number of rotatable bonds is 7. The Morgan fingerprint density at radius 2 is 1.97 bits per heavy atom. The number of hydrogen-bond acceptors (Lipinski definition) is 6. The predicted octanol–water partition coefficient (Wildman–Crippen LogP) is 1.39. The van der Waals surface area contributed by atoms with E-state index in [1.165, 1.54) is 6.42 Å². The van der Waals surface area contributed by atoms with E-state index < -0.39 is 41.6 Å². The minimum absolute atomic E-state index is 0.0487. The molecule has 0 unspecified atom stereocenters. The van der Waals surface area contributed by atoms with Crippen molar-refractivity contribution in [2.24, 2.45) is 17.8 Å². The first-order valence-electron chi connectivity index (χ1n) is 11.9. The molecule has 0 aromatic rings. The first-order valence-corrected chi connectivity index (χ1v) is 11.9. The van der Waals surface area contributed by atoms with Crippen LogP contribution in [-0.4, -0.2) is 70.8 Å². The first kappa shape index (κ1) is 22.5. The number of hydrogen-bond donors (Lipinski definition) is 2. The molecule has 1 saturated carbocycles. The quantitative estimate of drug-likeness (QED) is 0.585. The summed E-state index contributed by atoms with van der Waals surface area (Å²) < 4.78 is 11.6. The van der Waals surface area contributed by atoms with Crippen molar-refractivity contribution in [1.82, 2.24) is 10.2 Å². The summed E-state index contributed by atoms with van der Waals surface area (Å²) in [5.74, 6) is -2.38. The number of nitrogens with one attached hydrogen (secondary N) is 1. The molecular formula is C23H36N2O6. The zero-order valence-corrected chi connectivity index (χ0v) is 18.8. The summed E-state index contributed by atoms with van der Waals surface area (Å²) in [6, 6.07) is -1.25. The average Bonchev–Trinajstić information content (AvgIpc) is 3.37. The molecule has 2 N–H and O–H groups in total. The Balaban J connectivity index is 1.70. The van der Waals surface area contributed by atoms with E-state index >= 15 is 0 Å². The van der Waals surface area contributed by atoms with Gasteiger partial charge < -0.3 is 24.8 Å². The van der Waals surface area contributed by atoms with Crippen LogP contribution >= 0.6 is 0 Å². The number of fused-ring (bicyclic) bond motifs is 1. The van der Waals surface area contributed by atoms with Gasteiger partial charge in [-0.05, 0) is 38.5 Å². The van der Waals surface area contributed by atoms with Crippen LogP contribution in [0.1, 0.15) is 65.7 Å². The van der Waals surface area contributed by atoms with E-state index in [2.05, 4.69) is 5.32 Å². The van der Waals surface area contributed by atoms with Crippen molar-refractivity contribution < 1.29 is 29.0 Å². The molecule has 4 fully saturated rings. The highest BCUT2D eigenvalue weighted by Crippen LogP contribution is 2.59. The summed E-state index contributed by atoms with van der Waals surface area (Å²) in [6.07, 6.45) is 6.00. The number of carbonyl (C=O) groups excluding carboxylic acids is 3. The van der Waals surface area contributed by atoms with Crippen molar-refractivity contribution in [1.29, 1.82) is 0 Å². The molecule has 1 aliphatic carbocycles. The lowest BCUT2D eigenvalue weighted by Gasteiger charge is -2.39. The molecule has 3 saturated heterocycles. The highest BCUT2D eigenvalue weighted by atomic mass is 16.6. The average molecular weight is 437 g/mol. The summed E-state index contributed by atoms with van der Waals surface area (Å²) in [5.41, 5.74) is -1.03. The number of ether oxygens (including phenoxy) is 2. The van der Waals surface area contributed by atoms with Crippen LogP contribution in [0.15, 0.2) is 0 Å². The smallest absolute Gasteiger partial charge is 0.312 e. The highest BCUT2D eigenvalue weighted by Gasteiger charge is 2.75. The summed E-state index contributed by atoms with van der Waals surface area (Å²) in [4.78, 5) is 41.7. The van der Waals surface area contributed by atoms with Crippen molar-refractivity contribution in [3.63, 3.8) is 0 Å². The summed E-state index contributed by atoms with van der Waals surface area (Å²) in [5, 5.41) is 13.3. The van der Waals surface area contributed by atoms with Crippen LogP contribution in [0, 0.1) is 17.8 Å². The molecular weight excluding hydrogens is 400 g/mol. The molecule has 3 aliphatic heterocycles. The molecule has 3 heterocycles. The number of amides is 2. The molecule has 2 bridgehead atoms. The molecule has 2 amide bonds. The van der Waals surface area contributed by atoms with Gasteiger partial charge in [-0.15, -0.1) is 0 Å². The number of aliphatic hydroxyl groups excluding tert-OH is 1. The van der Waals surface area contributed by atoms with Crippen LogP contribution in [0.25, 0.3) is 0 Å². The molecule has 6 atom stereocenters. The van der Waals surface area contributed by atoms with Crippen molar-refractivity contribution in [3.8, 4) is 0 Å². The maximum atomic E-state index is 13.7. The van der Waals surface area contributed by atoms with Gasteiger partial charge in [-0.2, -0.15) is 0 Å². The number of likely N-dealkylation sites (tertiary alicyclic amines) is 1. The van der Waals surface area contributed by atoms with E-state index in [0.29, 0.717) is 12.8 Å². The monoisotopic (exact) mass is 436 g/mol. The Morgan fingerprint density at radius 3 is 2.58 bits per heavy atom. The number of esters is 1. The van der Waals surface area contributed by atoms with E-state index in [1.54, 1.807) is 11.8 Å². The van der Waals surface area contributed by atoms with Gasteiger partial charge >= 0.3 is 5.97 Å². The van der Waals surface area contributed by atoms with Crippen LogP contribution in [0.4, 0.5) is 0 Å². The summed E-state index contributed by atoms with van der Waals surface area (Å²) >= 11 is 0. The third kappa shape index (κ3) is 3.55. The van der Waals surface area contributed by atoms with Crippen LogP contribution < -0.4 is 5.32 Å². The van der Waals surface area contributed by atoms with Crippen molar-refractivity contribution in [3.05, 3.63) is 0 Å². The SMILES string of the molecule is CCOC(=O)[C@@H]1[C@H]2C(=O)N([C@@H](CO)C(C)C)[C@H](C(=O)NC3CCCCC3)[C@]23CC[C@H]1O3. The molecule has 8 nitrogen and oxygen atoms in total. The summed E-state index contributed by atoms with van der Waals surface area (Å²) in [7, 11) is 0. The molecule has 0 radical (unpaired) electrons. The Bertz CT molecular complexity index is 721. The highest BCUT2D eigenvalue weighted by molar-refractivity contribution is 5.98. The summed E-state index contributed by atoms with van der Waals surface area (Å²) in [6.45, 7) is 5.59. The fraction of sp³-hybridized carbons (Fsp3) is 0.870. The lowest BCUT2D eigenvalue weighted by molar-refractivity contribution is -0.155. The maximum absolute atomic E-state index is 13.7.